The fourth-order valence-corrected chi connectivity index (χ4v) is 6.82. The molecule has 3 rings (SSSR count). The van der Waals surface area contributed by atoms with Crippen molar-refractivity contribution < 1.29 is 34.2 Å². The van der Waals surface area contributed by atoms with Gasteiger partial charge in [-0.2, -0.15) is 0 Å². The lowest BCUT2D eigenvalue weighted by Crippen LogP contribution is -2.57. The molecule has 13 heteroatoms. The third-order valence-electron chi connectivity index (χ3n) is 8.91. The third kappa shape index (κ3) is 13.5. The minimum atomic E-state index is -0.860. The Kier molecular flexibility index (Phi) is 16.3. The van der Waals surface area contributed by atoms with Gasteiger partial charge in [-0.15, -0.1) is 11.3 Å². The molecule has 4 amide bonds. The number of carboxylic acids is 1. The first-order chi connectivity index (χ1) is 23.8. The maximum atomic E-state index is 13.8. The fraction of sp³-hybridized carbons (Fsp3) is 0.622. The van der Waals surface area contributed by atoms with Crippen molar-refractivity contribution in [3.05, 3.63) is 41.0 Å². The number of hydrogen-bond donors (Lipinski definition) is 5. The van der Waals surface area contributed by atoms with Gasteiger partial charge in [0.25, 0.3) is 0 Å². The third-order valence-corrected chi connectivity index (χ3v) is 9.89. The topological polar surface area (TPSA) is 178 Å². The summed E-state index contributed by atoms with van der Waals surface area (Å²) in [5.41, 5.74) is 4.13. The second kappa shape index (κ2) is 20.1. The van der Waals surface area contributed by atoms with Crippen LogP contribution in [0, 0.1) is 12.3 Å². The molecule has 0 aliphatic carbocycles. The number of nitrogens with one attached hydrogen (secondary N) is 3. The predicted molar refractivity (Wildman–Crippen MR) is 193 cm³/mol. The zero-order chi connectivity index (χ0) is 36.7. The highest BCUT2D eigenvalue weighted by Gasteiger charge is 2.44. The quantitative estimate of drug-likeness (QED) is 0.122. The second-order valence-corrected chi connectivity index (χ2v) is 15.1. The Hall–Kier alpha value is -3.84. The minimum absolute atomic E-state index is 0.0144. The van der Waals surface area contributed by atoms with Crippen molar-refractivity contribution in [3.8, 4) is 10.4 Å². The number of nitrogens with zero attached hydrogens (tertiary/aromatic N) is 2. The van der Waals surface area contributed by atoms with Gasteiger partial charge in [0, 0.05) is 45.3 Å². The molecular formula is C37H55N5O7S. The number of β-amino-alcohol motifs (C(OH)–C–C–N with tert-alkyl or cyclic N) is 1. The van der Waals surface area contributed by atoms with E-state index in [1.54, 1.807) is 11.3 Å². The summed E-state index contributed by atoms with van der Waals surface area (Å²) in [5.74, 6) is -1.79. The van der Waals surface area contributed by atoms with E-state index in [0.717, 1.165) is 53.8 Å². The number of aliphatic carboxylic acids is 1. The number of carbonyl (C=O) groups excluding carboxylic acids is 4. The Balaban J connectivity index is 1.39. The number of aliphatic hydroxyl groups is 1. The molecule has 2 heterocycles. The molecule has 1 aromatic carbocycles. The van der Waals surface area contributed by atoms with E-state index >= 15 is 0 Å². The SMILES string of the molecule is Cc1ncsc1-c1ccc(CNC(=O)[C@@H]2C[C@@H](O)CN2C(=O)C(NC(=O)CCCCCCCCC(=O)NCCCCC(=O)O)C(C)(C)C)cc1. The fourth-order valence-electron chi connectivity index (χ4n) is 6.01. The molecule has 0 radical (unpaired) electrons. The van der Waals surface area contributed by atoms with E-state index in [1.807, 2.05) is 57.5 Å². The van der Waals surface area contributed by atoms with Crippen LogP contribution in [0.25, 0.3) is 10.4 Å². The maximum Gasteiger partial charge on any atom is 0.303 e. The molecule has 1 saturated heterocycles. The van der Waals surface area contributed by atoms with E-state index in [4.69, 9.17) is 5.11 Å². The van der Waals surface area contributed by atoms with E-state index < -0.39 is 29.6 Å². The zero-order valence-electron chi connectivity index (χ0n) is 30.0. The van der Waals surface area contributed by atoms with Crippen LogP contribution in [0.1, 0.15) is 109 Å². The molecule has 1 unspecified atom stereocenters. The molecule has 0 bridgehead atoms. The molecule has 3 atom stereocenters. The summed E-state index contributed by atoms with van der Waals surface area (Å²) < 4.78 is 0. The lowest BCUT2D eigenvalue weighted by Gasteiger charge is -2.35. The van der Waals surface area contributed by atoms with Crippen molar-refractivity contribution >= 4 is 40.9 Å². The van der Waals surface area contributed by atoms with Gasteiger partial charge in [0.15, 0.2) is 0 Å². The molecule has 1 aromatic heterocycles. The number of benzene rings is 1. The largest absolute Gasteiger partial charge is 0.481 e. The number of likely N-dealkylation sites (tertiary alicyclic amines) is 1. The molecule has 0 spiro atoms. The van der Waals surface area contributed by atoms with Gasteiger partial charge in [-0.25, -0.2) is 4.98 Å². The van der Waals surface area contributed by atoms with Crippen LogP contribution in [0.3, 0.4) is 0 Å². The smallest absolute Gasteiger partial charge is 0.303 e. The Morgan fingerprint density at radius 3 is 2.12 bits per heavy atom. The van der Waals surface area contributed by atoms with Crippen LogP contribution in [0.15, 0.2) is 29.8 Å². The lowest BCUT2D eigenvalue weighted by atomic mass is 9.85. The number of thiazole rings is 1. The molecule has 5 N–H and O–H groups in total. The number of aryl methyl sites for hydroxylation is 1. The first kappa shape index (κ1) is 40.6. The maximum absolute atomic E-state index is 13.8. The number of rotatable bonds is 20. The number of aromatic nitrogens is 1. The average molecular weight is 714 g/mol. The summed E-state index contributed by atoms with van der Waals surface area (Å²) in [5, 5.41) is 27.8. The van der Waals surface area contributed by atoms with Gasteiger partial charge >= 0.3 is 5.97 Å². The van der Waals surface area contributed by atoms with E-state index in [9.17, 15) is 29.1 Å². The summed E-state index contributed by atoms with van der Waals surface area (Å²) in [6, 6.07) is 6.19. The average Bonchev–Trinajstić information content (AvgIpc) is 3.68. The van der Waals surface area contributed by atoms with Gasteiger partial charge in [-0.1, -0.05) is 70.7 Å². The van der Waals surface area contributed by atoms with Gasteiger partial charge in [0.2, 0.25) is 23.6 Å². The van der Waals surface area contributed by atoms with E-state index in [2.05, 4.69) is 20.9 Å². The Morgan fingerprint density at radius 1 is 0.900 bits per heavy atom. The Morgan fingerprint density at radius 2 is 1.52 bits per heavy atom. The molecular weight excluding hydrogens is 659 g/mol. The van der Waals surface area contributed by atoms with Crippen LogP contribution in [-0.2, 0) is 30.5 Å². The standard InChI is InChI=1S/C37H55N5O7S/c1-25-33(50-24-40-25)27-18-16-26(17-19-27)22-39-35(48)29-21-28(43)23-42(29)36(49)34(37(2,3)4)41-31(45)14-10-8-6-5-7-9-13-30(44)38-20-12-11-15-32(46)47/h16-19,24,28-29,34,43H,5-15,20-23H2,1-4H3,(H,38,44)(H,39,48)(H,41,45)(H,46,47)/t28-,29+,34?/m1/s1. The van der Waals surface area contributed by atoms with Crippen LogP contribution < -0.4 is 16.0 Å². The molecule has 1 aliphatic heterocycles. The van der Waals surface area contributed by atoms with Gasteiger partial charge in [0.1, 0.15) is 12.1 Å². The van der Waals surface area contributed by atoms with Crippen LogP contribution in [-0.4, -0.2) is 81.0 Å². The Bertz CT molecular complexity index is 1420. The summed E-state index contributed by atoms with van der Waals surface area (Å²) in [7, 11) is 0. The number of carbonyl (C=O) groups is 5. The van der Waals surface area contributed by atoms with Gasteiger partial charge < -0.3 is 31.1 Å². The van der Waals surface area contributed by atoms with Crippen molar-refractivity contribution in [2.45, 2.75) is 129 Å². The van der Waals surface area contributed by atoms with Crippen LogP contribution >= 0.6 is 11.3 Å². The van der Waals surface area contributed by atoms with E-state index in [0.29, 0.717) is 32.2 Å². The summed E-state index contributed by atoms with van der Waals surface area (Å²) in [6.07, 6.45) is 6.44. The molecule has 276 valence electrons. The second-order valence-electron chi connectivity index (χ2n) is 14.3. The van der Waals surface area contributed by atoms with Crippen LogP contribution in [0.2, 0.25) is 0 Å². The van der Waals surface area contributed by atoms with Crippen molar-refractivity contribution in [3.63, 3.8) is 0 Å². The molecule has 12 nitrogen and oxygen atoms in total. The summed E-state index contributed by atoms with van der Waals surface area (Å²) in [6.45, 7) is 8.38. The molecule has 0 saturated carbocycles. The van der Waals surface area contributed by atoms with E-state index in [1.165, 1.54) is 4.90 Å². The summed E-state index contributed by atoms with van der Waals surface area (Å²) >= 11 is 1.58. The number of unbranched alkanes of at least 4 members (excludes halogenated alkanes) is 6. The van der Waals surface area contributed by atoms with Crippen molar-refractivity contribution in [1.82, 2.24) is 25.8 Å². The van der Waals surface area contributed by atoms with Crippen molar-refractivity contribution in [1.29, 1.82) is 0 Å². The normalized spacial score (nSPS) is 16.5. The number of carboxylic acid groups (broad SMARTS) is 1. The number of amides is 4. The molecule has 1 fully saturated rings. The number of aliphatic hydroxyl groups excluding tert-OH is 1. The molecule has 50 heavy (non-hydrogen) atoms. The van der Waals surface area contributed by atoms with E-state index in [-0.39, 0.29) is 56.0 Å². The highest BCUT2D eigenvalue weighted by Crippen LogP contribution is 2.28. The highest BCUT2D eigenvalue weighted by molar-refractivity contribution is 7.13. The van der Waals surface area contributed by atoms with Gasteiger partial charge in [-0.3, -0.25) is 24.0 Å². The van der Waals surface area contributed by atoms with Crippen LogP contribution in [0.5, 0.6) is 0 Å². The van der Waals surface area contributed by atoms with Gasteiger partial charge in [0.05, 0.1) is 22.2 Å². The van der Waals surface area contributed by atoms with Gasteiger partial charge in [-0.05, 0) is 49.1 Å². The predicted octanol–water partition coefficient (Wildman–Crippen LogP) is 4.72. The monoisotopic (exact) mass is 713 g/mol. The minimum Gasteiger partial charge on any atom is -0.481 e. The zero-order valence-corrected chi connectivity index (χ0v) is 30.8. The molecule has 1 aliphatic rings. The van der Waals surface area contributed by atoms with Crippen LogP contribution in [0.4, 0.5) is 0 Å². The first-order valence-electron chi connectivity index (χ1n) is 17.8. The lowest BCUT2D eigenvalue weighted by molar-refractivity contribution is -0.144. The Labute approximate surface area is 299 Å². The van der Waals surface area contributed by atoms with Crippen molar-refractivity contribution in [2.75, 3.05) is 13.1 Å². The van der Waals surface area contributed by atoms with Crippen molar-refractivity contribution in [2.24, 2.45) is 5.41 Å². The number of hydrogen-bond acceptors (Lipinski definition) is 8. The highest BCUT2D eigenvalue weighted by atomic mass is 32.1. The summed E-state index contributed by atoms with van der Waals surface area (Å²) in [4.78, 5) is 69.4. The first-order valence-corrected chi connectivity index (χ1v) is 18.7. The molecule has 2 aromatic rings.